The minimum atomic E-state index is 0.240. The first-order valence-electron chi connectivity index (χ1n) is 5.96. The van der Waals surface area contributed by atoms with Crippen molar-refractivity contribution < 1.29 is 4.79 Å². The Bertz CT molecular complexity index is 411. The van der Waals surface area contributed by atoms with Crippen molar-refractivity contribution in [2.45, 2.75) is 26.2 Å². The summed E-state index contributed by atoms with van der Waals surface area (Å²) in [6, 6.07) is 0. The van der Waals surface area contributed by atoms with Gasteiger partial charge < -0.3 is 4.90 Å². The number of carbonyl (C=O) groups is 1. The molecule has 1 atom stereocenters. The molecule has 17 heavy (non-hydrogen) atoms. The predicted molar refractivity (Wildman–Crippen MR) is 67.7 cm³/mol. The van der Waals surface area contributed by atoms with Crippen LogP contribution in [-0.4, -0.2) is 29.3 Å². The molecule has 0 saturated carbocycles. The maximum absolute atomic E-state index is 11.0. The van der Waals surface area contributed by atoms with Crippen LogP contribution in [0.15, 0.2) is 6.33 Å². The molecular weight excluding hydrogens is 238 g/mol. The third-order valence-corrected chi connectivity index (χ3v) is 3.52. The minimum absolute atomic E-state index is 0.240. The highest BCUT2D eigenvalue weighted by Crippen LogP contribution is 2.28. The van der Waals surface area contributed by atoms with Gasteiger partial charge in [0, 0.05) is 13.1 Å². The minimum Gasteiger partial charge on any atom is -0.356 e. The fraction of sp³-hybridized carbons (Fsp3) is 0.583. The molecule has 1 aliphatic rings. The van der Waals surface area contributed by atoms with Crippen LogP contribution >= 0.6 is 11.6 Å². The summed E-state index contributed by atoms with van der Waals surface area (Å²) in [6.45, 7) is 4.10. The molecule has 0 amide bonds. The summed E-state index contributed by atoms with van der Waals surface area (Å²) in [5.41, 5.74) is 0.409. The summed E-state index contributed by atoms with van der Waals surface area (Å²) >= 11 is 5.90. The van der Waals surface area contributed by atoms with Gasteiger partial charge in [-0.1, -0.05) is 24.9 Å². The molecule has 0 spiro atoms. The van der Waals surface area contributed by atoms with Gasteiger partial charge in [0.15, 0.2) is 6.29 Å². The Hall–Kier alpha value is -1.16. The first kappa shape index (κ1) is 12.3. The van der Waals surface area contributed by atoms with E-state index in [0.29, 0.717) is 17.3 Å². The fourth-order valence-electron chi connectivity index (χ4n) is 2.39. The van der Waals surface area contributed by atoms with Gasteiger partial charge in [-0.2, -0.15) is 0 Å². The van der Waals surface area contributed by atoms with Gasteiger partial charge in [0.05, 0.1) is 5.56 Å². The molecule has 1 aliphatic heterocycles. The normalized spacial score (nSPS) is 19.6. The zero-order chi connectivity index (χ0) is 12.3. The smallest absolute Gasteiger partial charge is 0.156 e. The van der Waals surface area contributed by atoms with Crippen LogP contribution in [0.25, 0.3) is 0 Å². The number of anilines is 1. The van der Waals surface area contributed by atoms with Gasteiger partial charge in [-0.25, -0.2) is 9.97 Å². The topological polar surface area (TPSA) is 46.1 Å². The van der Waals surface area contributed by atoms with E-state index in [4.69, 9.17) is 11.6 Å². The number of halogens is 1. The summed E-state index contributed by atoms with van der Waals surface area (Å²) < 4.78 is 0. The molecule has 0 N–H and O–H groups in total. The van der Waals surface area contributed by atoms with Crippen molar-refractivity contribution in [3.8, 4) is 0 Å². The number of rotatable bonds is 4. The van der Waals surface area contributed by atoms with Gasteiger partial charge in [0.25, 0.3) is 0 Å². The molecule has 1 aromatic heterocycles. The van der Waals surface area contributed by atoms with E-state index >= 15 is 0 Å². The highest BCUT2D eigenvalue weighted by molar-refractivity contribution is 6.32. The monoisotopic (exact) mass is 253 g/mol. The maximum atomic E-state index is 11.0. The Kier molecular flexibility index (Phi) is 3.94. The molecule has 1 saturated heterocycles. The molecule has 5 heteroatoms. The second-order valence-electron chi connectivity index (χ2n) is 4.41. The summed E-state index contributed by atoms with van der Waals surface area (Å²) in [6.07, 6.45) is 5.74. The second kappa shape index (κ2) is 5.45. The van der Waals surface area contributed by atoms with Gasteiger partial charge in [-0.15, -0.1) is 0 Å². The van der Waals surface area contributed by atoms with Gasteiger partial charge in [0.1, 0.15) is 17.3 Å². The molecule has 0 aromatic carbocycles. The number of aromatic nitrogens is 2. The van der Waals surface area contributed by atoms with Crippen molar-refractivity contribution in [3.05, 3.63) is 17.0 Å². The zero-order valence-electron chi connectivity index (χ0n) is 9.90. The summed E-state index contributed by atoms with van der Waals surface area (Å²) in [5, 5.41) is 0.240. The lowest BCUT2D eigenvalue weighted by atomic mass is 10.0. The highest BCUT2D eigenvalue weighted by atomic mass is 35.5. The summed E-state index contributed by atoms with van der Waals surface area (Å²) in [4.78, 5) is 21.2. The molecule has 0 radical (unpaired) electrons. The molecule has 1 fully saturated rings. The van der Waals surface area contributed by atoms with Crippen LogP contribution in [0.3, 0.4) is 0 Å². The van der Waals surface area contributed by atoms with E-state index in [1.54, 1.807) is 0 Å². The molecule has 4 nitrogen and oxygen atoms in total. The molecule has 0 aliphatic carbocycles. The largest absolute Gasteiger partial charge is 0.356 e. The molecule has 92 valence electrons. The van der Waals surface area contributed by atoms with Crippen molar-refractivity contribution in [1.29, 1.82) is 0 Å². The molecule has 2 rings (SSSR count). The van der Waals surface area contributed by atoms with Crippen molar-refractivity contribution in [3.63, 3.8) is 0 Å². The number of hydrogen-bond acceptors (Lipinski definition) is 4. The Morgan fingerprint density at radius 2 is 2.41 bits per heavy atom. The lowest BCUT2D eigenvalue weighted by molar-refractivity contribution is 0.112. The Morgan fingerprint density at radius 3 is 3.12 bits per heavy atom. The van der Waals surface area contributed by atoms with E-state index in [9.17, 15) is 4.79 Å². The SMILES string of the molecule is CCCC1CCN(c2ncnc(Cl)c2C=O)C1. The summed E-state index contributed by atoms with van der Waals surface area (Å²) in [5.74, 6) is 1.38. The second-order valence-corrected chi connectivity index (χ2v) is 4.77. The lowest BCUT2D eigenvalue weighted by Gasteiger charge is -2.19. The van der Waals surface area contributed by atoms with Crippen LogP contribution in [0.2, 0.25) is 5.15 Å². The third kappa shape index (κ3) is 2.57. The van der Waals surface area contributed by atoms with Gasteiger partial charge >= 0.3 is 0 Å². The number of aldehydes is 1. The van der Waals surface area contributed by atoms with Crippen LogP contribution in [-0.2, 0) is 0 Å². The Labute approximate surface area is 106 Å². The quantitative estimate of drug-likeness (QED) is 0.611. The van der Waals surface area contributed by atoms with Crippen LogP contribution in [0.1, 0.15) is 36.5 Å². The standard InChI is InChI=1S/C12H16ClN3O/c1-2-3-9-4-5-16(6-9)12-10(7-17)11(13)14-8-15-12/h7-9H,2-6H2,1H3. The summed E-state index contributed by atoms with van der Waals surface area (Å²) in [7, 11) is 0. The van der Waals surface area contributed by atoms with Gasteiger partial charge in [-0.05, 0) is 18.8 Å². The van der Waals surface area contributed by atoms with Gasteiger partial charge in [0.2, 0.25) is 0 Å². The average molecular weight is 254 g/mol. The lowest BCUT2D eigenvalue weighted by Crippen LogP contribution is -2.22. The number of hydrogen-bond donors (Lipinski definition) is 0. The number of carbonyl (C=O) groups excluding carboxylic acids is 1. The first-order chi connectivity index (χ1) is 8.26. The highest BCUT2D eigenvalue weighted by Gasteiger charge is 2.25. The van der Waals surface area contributed by atoms with Crippen LogP contribution < -0.4 is 4.90 Å². The van der Waals surface area contributed by atoms with Crippen LogP contribution in [0, 0.1) is 5.92 Å². The zero-order valence-corrected chi connectivity index (χ0v) is 10.7. The third-order valence-electron chi connectivity index (χ3n) is 3.21. The fourth-order valence-corrected chi connectivity index (χ4v) is 2.56. The predicted octanol–water partition coefficient (Wildman–Crippen LogP) is 2.57. The van der Waals surface area contributed by atoms with E-state index in [1.807, 2.05) is 0 Å². The van der Waals surface area contributed by atoms with E-state index in [1.165, 1.54) is 19.2 Å². The van der Waals surface area contributed by atoms with Crippen LogP contribution in [0.4, 0.5) is 5.82 Å². The Balaban J connectivity index is 2.18. The maximum Gasteiger partial charge on any atom is 0.156 e. The van der Waals surface area contributed by atoms with Crippen LogP contribution in [0.5, 0.6) is 0 Å². The van der Waals surface area contributed by atoms with Crippen molar-refractivity contribution in [1.82, 2.24) is 9.97 Å². The molecule has 2 heterocycles. The molecule has 0 bridgehead atoms. The van der Waals surface area contributed by atoms with Crippen molar-refractivity contribution >= 4 is 23.7 Å². The van der Waals surface area contributed by atoms with Crippen molar-refractivity contribution in [2.75, 3.05) is 18.0 Å². The Morgan fingerprint density at radius 1 is 1.59 bits per heavy atom. The molecule has 1 unspecified atom stereocenters. The number of nitrogens with zero attached hydrogens (tertiary/aromatic N) is 3. The van der Waals surface area contributed by atoms with Crippen molar-refractivity contribution in [2.24, 2.45) is 5.92 Å². The average Bonchev–Trinajstić information content (AvgIpc) is 2.78. The van der Waals surface area contributed by atoms with E-state index < -0.39 is 0 Å². The first-order valence-corrected chi connectivity index (χ1v) is 6.34. The van der Waals surface area contributed by atoms with Gasteiger partial charge in [-0.3, -0.25) is 4.79 Å². The molecule has 1 aromatic rings. The van der Waals surface area contributed by atoms with E-state index in [0.717, 1.165) is 25.8 Å². The molecular formula is C12H16ClN3O. The van der Waals surface area contributed by atoms with E-state index in [2.05, 4.69) is 21.8 Å². The van der Waals surface area contributed by atoms with E-state index in [-0.39, 0.29) is 5.15 Å².